The van der Waals surface area contributed by atoms with Crippen molar-refractivity contribution in [3.05, 3.63) is 28.7 Å². The van der Waals surface area contributed by atoms with E-state index in [2.05, 4.69) is 15.5 Å². The lowest BCUT2D eigenvalue weighted by Crippen LogP contribution is -2.27. The first-order valence-electron chi connectivity index (χ1n) is 6.26. The van der Waals surface area contributed by atoms with E-state index >= 15 is 0 Å². The highest BCUT2D eigenvalue weighted by atomic mass is 35.5. The SMILES string of the molecule is CCO[C@H](C)C(=O)Nc1ccc(Sc2nncs2)c(Cl)c1. The van der Waals surface area contributed by atoms with Gasteiger partial charge in [-0.2, -0.15) is 0 Å². The number of ether oxygens (including phenoxy) is 1. The second-order valence-corrected chi connectivity index (χ2v) is 6.57. The number of nitrogens with one attached hydrogen (secondary N) is 1. The maximum atomic E-state index is 11.9. The maximum Gasteiger partial charge on any atom is 0.253 e. The molecule has 0 bridgehead atoms. The Morgan fingerprint density at radius 2 is 2.38 bits per heavy atom. The molecule has 1 atom stereocenters. The first-order chi connectivity index (χ1) is 10.1. The van der Waals surface area contributed by atoms with Crippen molar-refractivity contribution in [2.75, 3.05) is 11.9 Å². The predicted molar refractivity (Wildman–Crippen MR) is 85.2 cm³/mol. The smallest absolute Gasteiger partial charge is 0.253 e. The van der Waals surface area contributed by atoms with Crippen LogP contribution in [0, 0.1) is 0 Å². The number of aromatic nitrogens is 2. The number of amides is 1. The van der Waals surface area contributed by atoms with E-state index in [1.165, 1.54) is 23.1 Å². The molecule has 1 heterocycles. The molecule has 0 aliphatic carbocycles. The Bertz CT molecular complexity index is 607. The highest BCUT2D eigenvalue weighted by Gasteiger charge is 2.13. The first kappa shape index (κ1) is 16.2. The third-order valence-corrected chi connectivity index (χ3v) is 4.80. The van der Waals surface area contributed by atoms with Gasteiger partial charge in [-0.1, -0.05) is 34.7 Å². The Kier molecular flexibility index (Phi) is 5.98. The number of carbonyl (C=O) groups excluding carboxylic acids is 1. The van der Waals surface area contributed by atoms with Crippen LogP contribution < -0.4 is 5.32 Å². The van der Waals surface area contributed by atoms with Gasteiger partial charge in [-0.25, -0.2) is 0 Å². The Labute approximate surface area is 136 Å². The van der Waals surface area contributed by atoms with Gasteiger partial charge in [0.2, 0.25) is 0 Å². The summed E-state index contributed by atoms with van der Waals surface area (Å²) in [5, 5.41) is 11.1. The Hall–Kier alpha value is -1.15. The predicted octanol–water partition coefficient (Wildman–Crippen LogP) is 3.71. The van der Waals surface area contributed by atoms with E-state index in [4.69, 9.17) is 16.3 Å². The summed E-state index contributed by atoms with van der Waals surface area (Å²) in [6, 6.07) is 5.35. The molecular weight excluding hydrogens is 330 g/mol. The van der Waals surface area contributed by atoms with E-state index in [0.717, 1.165) is 9.24 Å². The fraction of sp³-hybridized carbons (Fsp3) is 0.308. The van der Waals surface area contributed by atoms with Crippen LogP contribution in [0.15, 0.2) is 32.9 Å². The van der Waals surface area contributed by atoms with Crippen molar-refractivity contribution >= 4 is 46.3 Å². The van der Waals surface area contributed by atoms with E-state index < -0.39 is 6.10 Å². The molecule has 0 aliphatic rings. The topological polar surface area (TPSA) is 64.1 Å². The molecule has 112 valence electrons. The van der Waals surface area contributed by atoms with Gasteiger partial charge in [0.1, 0.15) is 11.6 Å². The van der Waals surface area contributed by atoms with Gasteiger partial charge in [0.05, 0.1) is 5.02 Å². The van der Waals surface area contributed by atoms with Gasteiger partial charge >= 0.3 is 0 Å². The molecule has 2 rings (SSSR count). The van der Waals surface area contributed by atoms with E-state index in [0.29, 0.717) is 17.3 Å². The van der Waals surface area contributed by atoms with E-state index in [1.807, 2.05) is 13.0 Å². The minimum Gasteiger partial charge on any atom is -0.369 e. The van der Waals surface area contributed by atoms with Crippen LogP contribution in [0.25, 0.3) is 0 Å². The van der Waals surface area contributed by atoms with Gasteiger partial charge in [0, 0.05) is 17.2 Å². The van der Waals surface area contributed by atoms with Crippen LogP contribution in [0.4, 0.5) is 5.69 Å². The molecule has 8 heteroatoms. The molecule has 0 saturated carbocycles. The number of benzene rings is 1. The van der Waals surface area contributed by atoms with E-state index in [-0.39, 0.29) is 5.91 Å². The quantitative estimate of drug-likeness (QED) is 0.866. The molecule has 0 saturated heterocycles. The average Bonchev–Trinajstić information content (AvgIpc) is 2.95. The normalized spacial score (nSPS) is 12.1. The van der Waals surface area contributed by atoms with Gasteiger partial charge in [0.15, 0.2) is 4.34 Å². The Morgan fingerprint density at radius 3 is 3.00 bits per heavy atom. The van der Waals surface area contributed by atoms with Crippen LogP contribution in [0.1, 0.15) is 13.8 Å². The summed E-state index contributed by atoms with van der Waals surface area (Å²) in [7, 11) is 0. The Morgan fingerprint density at radius 1 is 1.57 bits per heavy atom. The maximum absolute atomic E-state index is 11.9. The largest absolute Gasteiger partial charge is 0.369 e. The number of carbonyl (C=O) groups is 1. The molecular formula is C13H14ClN3O2S2. The second-order valence-electron chi connectivity index (χ2n) is 4.04. The zero-order valence-electron chi connectivity index (χ0n) is 11.5. The van der Waals surface area contributed by atoms with E-state index in [9.17, 15) is 4.79 Å². The van der Waals surface area contributed by atoms with Crippen molar-refractivity contribution in [2.45, 2.75) is 29.2 Å². The number of anilines is 1. The summed E-state index contributed by atoms with van der Waals surface area (Å²) in [6.07, 6.45) is -0.496. The van der Waals surface area contributed by atoms with Crippen molar-refractivity contribution in [3.8, 4) is 0 Å². The van der Waals surface area contributed by atoms with Crippen LogP contribution in [-0.4, -0.2) is 28.8 Å². The molecule has 1 amide bonds. The average molecular weight is 344 g/mol. The van der Waals surface area contributed by atoms with Crippen LogP contribution in [0.3, 0.4) is 0 Å². The number of hydrogen-bond acceptors (Lipinski definition) is 6. The molecule has 0 radical (unpaired) electrons. The molecule has 1 N–H and O–H groups in total. The third-order valence-electron chi connectivity index (χ3n) is 2.52. The van der Waals surface area contributed by atoms with Gasteiger partial charge < -0.3 is 10.1 Å². The summed E-state index contributed by atoms with van der Waals surface area (Å²) in [5.74, 6) is -0.197. The molecule has 5 nitrogen and oxygen atoms in total. The zero-order chi connectivity index (χ0) is 15.2. The number of halogens is 1. The lowest BCUT2D eigenvalue weighted by molar-refractivity contribution is -0.126. The molecule has 0 spiro atoms. The van der Waals surface area contributed by atoms with Gasteiger partial charge in [0.25, 0.3) is 5.91 Å². The summed E-state index contributed by atoms with van der Waals surface area (Å²) in [5.41, 5.74) is 2.30. The summed E-state index contributed by atoms with van der Waals surface area (Å²) < 4.78 is 6.06. The van der Waals surface area contributed by atoms with Crippen LogP contribution in [-0.2, 0) is 9.53 Å². The number of rotatable bonds is 6. The highest BCUT2D eigenvalue weighted by Crippen LogP contribution is 2.35. The monoisotopic (exact) mass is 343 g/mol. The molecule has 1 aromatic carbocycles. The van der Waals surface area contributed by atoms with Crippen LogP contribution in [0.5, 0.6) is 0 Å². The van der Waals surface area contributed by atoms with Gasteiger partial charge in [-0.15, -0.1) is 10.2 Å². The zero-order valence-corrected chi connectivity index (χ0v) is 13.9. The first-order valence-corrected chi connectivity index (χ1v) is 8.33. The second kappa shape index (κ2) is 7.74. The summed E-state index contributed by atoms with van der Waals surface area (Å²) in [4.78, 5) is 12.7. The molecule has 1 aromatic heterocycles. The molecule has 0 fully saturated rings. The van der Waals surface area contributed by atoms with Crippen molar-refractivity contribution in [1.82, 2.24) is 10.2 Å². The summed E-state index contributed by atoms with van der Waals surface area (Å²) >= 11 is 9.11. The fourth-order valence-corrected chi connectivity index (χ4v) is 3.27. The van der Waals surface area contributed by atoms with Crippen molar-refractivity contribution in [1.29, 1.82) is 0 Å². The lowest BCUT2D eigenvalue weighted by Gasteiger charge is -2.12. The van der Waals surface area contributed by atoms with E-state index in [1.54, 1.807) is 24.6 Å². The van der Waals surface area contributed by atoms with Gasteiger partial charge in [-0.05, 0) is 32.0 Å². The molecule has 21 heavy (non-hydrogen) atoms. The van der Waals surface area contributed by atoms with Gasteiger partial charge in [-0.3, -0.25) is 4.79 Å². The van der Waals surface area contributed by atoms with Crippen molar-refractivity contribution in [3.63, 3.8) is 0 Å². The number of nitrogens with zero attached hydrogens (tertiary/aromatic N) is 2. The molecule has 2 aromatic rings. The highest BCUT2D eigenvalue weighted by molar-refractivity contribution is 8.01. The minimum atomic E-state index is -0.496. The fourth-order valence-electron chi connectivity index (χ4n) is 1.53. The minimum absolute atomic E-state index is 0.197. The number of hydrogen-bond donors (Lipinski definition) is 1. The summed E-state index contributed by atoms with van der Waals surface area (Å²) in [6.45, 7) is 4.05. The van der Waals surface area contributed by atoms with Crippen LogP contribution in [0.2, 0.25) is 5.02 Å². The molecule has 0 aliphatic heterocycles. The third kappa shape index (κ3) is 4.67. The van der Waals surface area contributed by atoms with Crippen molar-refractivity contribution < 1.29 is 9.53 Å². The van der Waals surface area contributed by atoms with Crippen LogP contribution >= 0.6 is 34.7 Å². The standard InChI is InChI=1S/C13H14ClN3O2S2/c1-3-19-8(2)12(18)16-9-4-5-11(10(14)6-9)21-13-17-15-7-20-13/h4-8H,3H2,1-2H3,(H,16,18)/t8-/m1/s1. The van der Waals surface area contributed by atoms with Crippen molar-refractivity contribution in [2.24, 2.45) is 0 Å². The lowest BCUT2D eigenvalue weighted by atomic mass is 10.3. The molecule has 0 unspecified atom stereocenters. The Balaban J connectivity index is 2.03.